The SMILES string of the molecule is CCOC(=O)c1ccc(C(=O)NC(C)CCCC(C)C)nc1C. The van der Waals surface area contributed by atoms with E-state index in [4.69, 9.17) is 4.74 Å². The van der Waals surface area contributed by atoms with E-state index in [0.29, 0.717) is 29.5 Å². The number of hydrogen-bond acceptors (Lipinski definition) is 4. The fourth-order valence-corrected chi connectivity index (χ4v) is 2.31. The van der Waals surface area contributed by atoms with Crippen LogP contribution in [0, 0.1) is 12.8 Å². The highest BCUT2D eigenvalue weighted by Gasteiger charge is 2.16. The third-order valence-corrected chi connectivity index (χ3v) is 3.61. The molecule has 23 heavy (non-hydrogen) atoms. The molecule has 1 heterocycles. The summed E-state index contributed by atoms with van der Waals surface area (Å²) in [6.07, 6.45) is 3.20. The Labute approximate surface area is 138 Å². The molecule has 1 rings (SSSR count). The standard InChI is InChI=1S/C18H28N2O3/c1-6-23-18(22)15-10-11-16(20-14(15)5)17(21)19-13(4)9-7-8-12(2)3/h10-13H,6-9H2,1-5H3,(H,19,21). The molecular weight excluding hydrogens is 292 g/mol. The van der Waals surface area contributed by atoms with Crippen LogP contribution in [0.15, 0.2) is 12.1 Å². The number of aromatic nitrogens is 1. The van der Waals surface area contributed by atoms with Crippen molar-refractivity contribution in [3.63, 3.8) is 0 Å². The second kappa shape index (κ2) is 9.28. The van der Waals surface area contributed by atoms with E-state index in [-0.39, 0.29) is 11.9 Å². The third kappa shape index (κ3) is 6.38. The van der Waals surface area contributed by atoms with Crippen LogP contribution < -0.4 is 5.32 Å². The second-order valence-corrected chi connectivity index (χ2v) is 6.25. The van der Waals surface area contributed by atoms with Gasteiger partial charge < -0.3 is 10.1 Å². The Morgan fingerprint density at radius 1 is 1.22 bits per heavy atom. The minimum Gasteiger partial charge on any atom is -0.462 e. The lowest BCUT2D eigenvalue weighted by Gasteiger charge is -2.14. The van der Waals surface area contributed by atoms with Crippen molar-refractivity contribution in [3.05, 3.63) is 29.1 Å². The van der Waals surface area contributed by atoms with Crippen LogP contribution in [-0.2, 0) is 4.74 Å². The summed E-state index contributed by atoms with van der Waals surface area (Å²) in [5, 5.41) is 2.95. The molecule has 5 heteroatoms. The van der Waals surface area contributed by atoms with Crippen LogP contribution in [0.25, 0.3) is 0 Å². The number of esters is 1. The zero-order chi connectivity index (χ0) is 17.4. The Hall–Kier alpha value is -1.91. The van der Waals surface area contributed by atoms with Crippen LogP contribution in [0.1, 0.15) is 73.5 Å². The van der Waals surface area contributed by atoms with E-state index >= 15 is 0 Å². The van der Waals surface area contributed by atoms with Gasteiger partial charge in [-0.3, -0.25) is 4.79 Å². The van der Waals surface area contributed by atoms with E-state index in [1.54, 1.807) is 26.0 Å². The van der Waals surface area contributed by atoms with E-state index in [9.17, 15) is 9.59 Å². The fourth-order valence-electron chi connectivity index (χ4n) is 2.31. The molecule has 1 atom stereocenters. The lowest BCUT2D eigenvalue weighted by atomic mass is 10.0. The number of ether oxygens (including phenoxy) is 1. The molecule has 0 aliphatic rings. The van der Waals surface area contributed by atoms with Crippen molar-refractivity contribution in [2.75, 3.05) is 6.61 Å². The first-order valence-corrected chi connectivity index (χ1v) is 8.30. The highest BCUT2D eigenvalue weighted by atomic mass is 16.5. The van der Waals surface area contributed by atoms with Gasteiger partial charge in [-0.15, -0.1) is 0 Å². The van der Waals surface area contributed by atoms with Crippen molar-refractivity contribution < 1.29 is 14.3 Å². The smallest absolute Gasteiger partial charge is 0.339 e. The van der Waals surface area contributed by atoms with E-state index < -0.39 is 5.97 Å². The molecule has 0 aliphatic heterocycles. The lowest BCUT2D eigenvalue weighted by Crippen LogP contribution is -2.33. The fraction of sp³-hybridized carbons (Fsp3) is 0.611. The van der Waals surface area contributed by atoms with E-state index in [0.717, 1.165) is 19.3 Å². The number of amides is 1. The van der Waals surface area contributed by atoms with Gasteiger partial charge in [0.25, 0.3) is 5.91 Å². The van der Waals surface area contributed by atoms with Crippen LogP contribution >= 0.6 is 0 Å². The molecule has 128 valence electrons. The quantitative estimate of drug-likeness (QED) is 0.744. The first kappa shape index (κ1) is 19.1. The van der Waals surface area contributed by atoms with E-state index in [1.807, 2.05) is 6.92 Å². The van der Waals surface area contributed by atoms with Crippen molar-refractivity contribution in [3.8, 4) is 0 Å². The van der Waals surface area contributed by atoms with Crippen LogP contribution in [0.3, 0.4) is 0 Å². The van der Waals surface area contributed by atoms with Gasteiger partial charge >= 0.3 is 5.97 Å². The zero-order valence-corrected chi connectivity index (χ0v) is 14.8. The Bertz CT molecular complexity index is 541. The summed E-state index contributed by atoms with van der Waals surface area (Å²) in [7, 11) is 0. The van der Waals surface area contributed by atoms with Crippen molar-refractivity contribution in [2.24, 2.45) is 5.92 Å². The van der Waals surface area contributed by atoms with Gasteiger partial charge in [0.05, 0.1) is 17.9 Å². The number of aryl methyl sites for hydroxylation is 1. The summed E-state index contributed by atoms with van der Waals surface area (Å²) in [5.41, 5.74) is 1.23. The maximum Gasteiger partial charge on any atom is 0.339 e. The molecular formula is C18H28N2O3. The number of nitrogens with one attached hydrogen (secondary N) is 1. The summed E-state index contributed by atoms with van der Waals surface area (Å²) in [6, 6.07) is 3.27. The van der Waals surface area contributed by atoms with Gasteiger partial charge in [-0.2, -0.15) is 0 Å². The maximum absolute atomic E-state index is 12.2. The predicted octanol–water partition coefficient (Wildman–Crippen LogP) is 3.51. The number of rotatable bonds is 8. The number of carbonyl (C=O) groups is 2. The molecule has 0 bridgehead atoms. The Morgan fingerprint density at radius 3 is 2.48 bits per heavy atom. The molecule has 0 spiro atoms. The van der Waals surface area contributed by atoms with Gasteiger partial charge in [0, 0.05) is 6.04 Å². The minimum atomic E-state index is -0.411. The molecule has 1 aromatic rings. The van der Waals surface area contributed by atoms with E-state index in [2.05, 4.69) is 24.1 Å². The van der Waals surface area contributed by atoms with Crippen LogP contribution in [-0.4, -0.2) is 29.5 Å². The van der Waals surface area contributed by atoms with E-state index in [1.165, 1.54) is 0 Å². The number of hydrogen-bond donors (Lipinski definition) is 1. The van der Waals surface area contributed by atoms with Gasteiger partial charge in [0.1, 0.15) is 5.69 Å². The van der Waals surface area contributed by atoms with Crippen molar-refractivity contribution >= 4 is 11.9 Å². The van der Waals surface area contributed by atoms with Gasteiger partial charge in [-0.05, 0) is 45.2 Å². The van der Waals surface area contributed by atoms with Gasteiger partial charge in [-0.25, -0.2) is 9.78 Å². The van der Waals surface area contributed by atoms with Crippen molar-refractivity contribution in [1.82, 2.24) is 10.3 Å². The predicted molar refractivity (Wildman–Crippen MR) is 90.5 cm³/mol. The minimum absolute atomic E-state index is 0.105. The highest BCUT2D eigenvalue weighted by Crippen LogP contribution is 2.11. The second-order valence-electron chi connectivity index (χ2n) is 6.25. The largest absolute Gasteiger partial charge is 0.462 e. The number of nitrogens with zero attached hydrogens (tertiary/aromatic N) is 1. The molecule has 1 aromatic heterocycles. The van der Waals surface area contributed by atoms with Crippen LogP contribution in [0.2, 0.25) is 0 Å². The summed E-state index contributed by atoms with van der Waals surface area (Å²) in [5.74, 6) is 0.0599. The average molecular weight is 320 g/mol. The van der Waals surface area contributed by atoms with Crippen LogP contribution in [0.4, 0.5) is 0 Å². The monoisotopic (exact) mass is 320 g/mol. The van der Waals surface area contributed by atoms with Crippen LogP contribution in [0.5, 0.6) is 0 Å². The molecule has 0 saturated heterocycles. The van der Waals surface area contributed by atoms with Gasteiger partial charge in [0.15, 0.2) is 0 Å². The van der Waals surface area contributed by atoms with Crippen molar-refractivity contribution in [1.29, 1.82) is 0 Å². The Kier molecular flexibility index (Phi) is 7.72. The molecule has 0 saturated carbocycles. The first-order valence-electron chi connectivity index (χ1n) is 8.30. The topological polar surface area (TPSA) is 68.3 Å². The first-order chi connectivity index (χ1) is 10.8. The molecule has 0 radical (unpaired) electrons. The highest BCUT2D eigenvalue weighted by molar-refractivity contribution is 5.95. The summed E-state index contributed by atoms with van der Waals surface area (Å²) < 4.78 is 4.96. The summed E-state index contributed by atoms with van der Waals surface area (Å²) >= 11 is 0. The lowest BCUT2D eigenvalue weighted by molar-refractivity contribution is 0.0524. The summed E-state index contributed by atoms with van der Waals surface area (Å²) in [4.78, 5) is 28.2. The number of carbonyl (C=O) groups excluding carboxylic acids is 2. The Balaban J connectivity index is 2.63. The van der Waals surface area contributed by atoms with Gasteiger partial charge in [-0.1, -0.05) is 26.7 Å². The molecule has 0 aromatic carbocycles. The Morgan fingerprint density at radius 2 is 1.91 bits per heavy atom. The molecule has 0 fully saturated rings. The molecule has 0 aliphatic carbocycles. The normalized spacial score (nSPS) is 12.1. The third-order valence-electron chi connectivity index (χ3n) is 3.61. The average Bonchev–Trinajstić information content (AvgIpc) is 2.46. The zero-order valence-electron chi connectivity index (χ0n) is 14.8. The van der Waals surface area contributed by atoms with Gasteiger partial charge in [0.2, 0.25) is 0 Å². The maximum atomic E-state index is 12.2. The molecule has 1 unspecified atom stereocenters. The molecule has 1 amide bonds. The summed E-state index contributed by atoms with van der Waals surface area (Å²) in [6.45, 7) is 10.2. The molecule has 5 nitrogen and oxygen atoms in total. The number of pyridine rings is 1. The molecule has 1 N–H and O–H groups in total. The van der Waals surface area contributed by atoms with Crippen molar-refractivity contribution in [2.45, 2.75) is 59.9 Å².